The highest BCUT2D eigenvalue weighted by atomic mass is 35.5. The molecule has 0 heterocycles. The summed E-state index contributed by atoms with van der Waals surface area (Å²) in [4.78, 5) is 34.9. The number of nitrogens with one attached hydrogen (secondary N) is 1. The van der Waals surface area contributed by atoms with Crippen LogP contribution in [0.25, 0.3) is 0 Å². The lowest BCUT2D eigenvalue weighted by Gasteiger charge is -2.07. The highest BCUT2D eigenvalue weighted by Gasteiger charge is 2.15. The van der Waals surface area contributed by atoms with Crippen LogP contribution in [-0.2, 0) is 9.53 Å². The first kappa shape index (κ1) is 18.0. The molecule has 2 aromatic rings. The number of ether oxygens (including phenoxy) is 1. The fourth-order valence-electron chi connectivity index (χ4n) is 1.89. The van der Waals surface area contributed by atoms with Gasteiger partial charge in [0.05, 0.1) is 10.6 Å². The zero-order valence-electron chi connectivity index (χ0n) is 12.6. The van der Waals surface area contributed by atoms with Crippen molar-refractivity contribution < 1.29 is 19.1 Å². The summed E-state index contributed by atoms with van der Waals surface area (Å²) in [5.41, 5.74) is 1.02. The molecule has 0 fully saturated rings. The van der Waals surface area contributed by atoms with Crippen molar-refractivity contribution in [3.05, 3.63) is 63.6 Å². The van der Waals surface area contributed by atoms with Gasteiger partial charge in [0, 0.05) is 23.2 Å². The number of benzene rings is 2. The SMILES string of the molecule is CC(=O)Nc1ccc(C(=O)COC(=O)c2cc(Cl)ccc2Cl)cc1. The molecule has 0 atom stereocenters. The Labute approximate surface area is 148 Å². The van der Waals surface area contributed by atoms with Crippen LogP contribution in [0.5, 0.6) is 0 Å². The van der Waals surface area contributed by atoms with Gasteiger partial charge in [-0.25, -0.2) is 4.79 Å². The molecule has 0 radical (unpaired) electrons. The molecule has 0 bridgehead atoms. The molecule has 0 unspecified atom stereocenters. The third-order valence-corrected chi connectivity index (χ3v) is 3.57. The summed E-state index contributed by atoms with van der Waals surface area (Å²) in [6.07, 6.45) is 0. The Bertz CT molecular complexity index is 788. The molecule has 5 nitrogen and oxygen atoms in total. The molecule has 2 aromatic carbocycles. The average molecular weight is 366 g/mol. The quantitative estimate of drug-likeness (QED) is 0.642. The van der Waals surface area contributed by atoms with Crippen molar-refractivity contribution >= 4 is 46.5 Å². The Balaban J connectivity index is 1.98. The van der Waals surface area contributed by atoms with Gasteiger partial charge in [0.25, 0.3) is 0 Å². The topological polar surface area (TPSA) is 72.5 Å². The minimum atomic E-state index is -0.731. The molecule has 1 N–H and O–H groups in total. The van der Waals surface area contributed by atoms with E-state index in [0.29, 0.717) is 16.3 Å². The van der Waals surface area contributed by atoms with Crippen LogP contribution < -0.4 is 5.32 Å². The van der Waals surface area contributed by atoms with Crippen molar-refractivity contribution in [3.8, 4) is 0 Å². The lowest BCUT2D eigenvalue weighted by Crippen LogP contribution is -2.14. The molecule has 2 rings (SSSR count). The molecule has 0 aliphatic carbocycles. The molecule has 0 saturated heterocycles. The predicted molar refractivity (Wildman–Crippen MR) is 91.8 cm³/mol. The zero-order valence-corrected chi connectivity index (χ0v) is 14.1. The van der Waals surface area contributed by atoms with Gasteiger partial charge in [0.2, 0.25) is 5.91 Å². The largest absolute Gasteiger partial charge is 0.454 e. The second-order valence-electron chi connectivity index (χ2n) is 4.88. The first-order valence-corrected chi connectivity index (χ1v) is 7.65. The number of anilines is 1. The highest BCUT2D eigenvalue weighted by Crippen LogP contribution is 2.21. The average Bonchev–Trinajstić information content (AvgIpc) is 2.54. The van der Waals surface area contributed by atoms with E-state index in [1.54, 1.807) is 18.2 Å². The number of amides is 1. The van der Waals surface area contributed by atoms with E-state index in [4.69, 9.17) is 27.9 Å². The summed E-state index contributed by atoms with van der Waals surface area (Å²) < 4.78 is 4.97. The maximum atomic E-state index is 12.0. The van der Waals surface area contributed by atoms with Crippen LogP contribution >= 0.6 is 23.2 Å². The molecule has 0 spiro atoms. The van der Waals surface area contributed by atoms with Gasteiger partial charge in [-0.3, -0.25) is 9.59 Å². The number of rotatable bonds is 5. The molecule has 1 amide bonds. The second kappa shape index (κ2) is 7.95. The van der Waals surface area contributed by atoms with Crippen LogP contribution in [-0.4, -0.2) is 24.3 Å². The van der Waals surface area contributed by atoms with Gasteiger partial charge in [-0.05, 0) is 42.5 Å². The number of carbonyl (C=O) groups is 3. The monoisotopic (exact) mass is 365 g/mol. The van der Waals surface area contributed by atoms with Crippen molar-refractivity contribution in [2.24, 2.45) is 0 Å². The predicted octanol–water partition coefficient (Wildman–Crippen LogP) is 3.99. The van der Waals surface area contributed by atoms with Crippen molar-refractivity contribution in [3.63, 3.8) is 0 Å². The number of halogens is 2. The van der Waals surface area contributed by atoms with Gasteiger partial charge in [-0.15, -0.1) is 0 Å². The highest BCUT2D eigenvalue weighted by molar-refractivity contribution is 6.35. The molecule has 0 aliphatic heterocycles. The van der Waals surface area contributed by atoms with Gasteiger partial charge in [-0.2, -0.15) is 0 Å². The maximum Gasteiger partial charge on any atom is 0.340 e. The first-order chi connectivity index (χ1) is 11.4. The Morgan fingerprint density at radius 3 is 2.33 bits per heavy atom. The number of hydrogen-bond donors (Lipinski definition) is 1. The van der Waals surface area contributed by atoms with E-state index in [9.17, 15) is 14.4 Å². The van der Waals surface area contributed by atoms with Crippen LogP contribution in [0.3, 0.4) is 0 Å². The van der Waals surface area contributed by atoms with E-state index in [1.165, 1.54) is 31.2 Å². The Hall–Kier alpha value is -2.37. The van der Waals surface area contributed by atoms with E-state index in [-0.39, 0.29) is 22.3 Å². The van der Waals surface area contributed by atoms with E-state index in [1.807, 2.05) is 0 Å². The molecular weight excluding hydrogens is 353 g/mol. The Morgan fingerprint density at radius 2 is 1.71 bits per heavy atom. The van der Waals surface area contributed by atoms with Crippen molar-refractivity contribution in [1.29, 1.82) is 0 Å². The summed E-state index contributed by atoms with van der Waals surface area (Å²) in [6, 6.07) is 10.6. The smallest absolute Gasteiger partial charge is 0.340 e. The number of hydrogen-bond acceptors (Lipinski definition) is 4. The third kappa shape index (κ3) is 4.81. The number of esters is 1. The number of ketones is 1. The van der Waals surface area contributed by atoms with Crippen LogP contribution in [0, 0.1) is 0 Å². The Morgan fingerprint density at radius 1 is 1.04 bits per heavy atom. The number of carbonyl (C=O) groups excluding carboxylic acids is 3. The van der Waals surface area contributed by atoms with E-state index in [2.05, 4.69) is 5.32 Å². The summed E-state index contributed by atoms with van der Waals surface area (Å²) in [6.45, 7) is 0.959. The van der Waals surface area contributed by atoms with E-state index < -0.39 is 12.6 Å². The summed E-state index contributed by atoms with van der Waals surface area (Å²) in [5, 5.41) is 3.12. The van der Waals surface area contributed by atoms with Crippen LogP contribution in [0.4, 0.5) is 5.69 Å². The normalized spacial score (nSPS) is 10.1. The van der Waals surface area contributed by atoms with Gasteiger partial charge in [-0.1, -0.05) is 23.2 Å². The molecule has 7 heteroatoms. The molecule has 0 aromatic heterocycles. The molecule has 0 aliphatic rings. The standard InChI is InChI=1S/C17H13Cl2NO4/c1-10(21)20-13-5-2-11(3-6-13)16(22)9-24-17(23)14-8-12(18)4-7-15(14)19/h2-8H,9H2,1H3,(H,20,21). The molecule has 24 heavy (non-hydrogen) atoms. The fraction of sp³-hybridized carbons (Fsp3) is 0.118. The van der Waals surface area contributed by atoms with Gasteiger partial charge in [0.15, 0.2) is 12.4 Å². The van der Waals surface area contributed by atoms with Crippen LogP contribution in [0.15, 0.2) is 42.5 Å². The lowest BCUT2D eigenvalue weighted by atomic mass is 10.1. The van der Waals surface area contributed by atoms with E-state index >= 15 is 0 Å². The van der Waals surface area contributed by atoms with Crippen molar-refractivity contribution in [2.75, 3.05) is 11.9 Å². The van der Waals surface area contributed by atoms with Gasteiger partial charge >= 0.3 is 5.97 Å². The van der Waals surface area contributed by atoms with Crippen LogP contribution in [0.2, 0.25) is 10.0 Å². The second-order valence-corrected chi connectivity index (χ2v) is 5.73. The van der Waals surface area contributed by atoms with Crippen molar-refractivity contribution in [1.82, 2.24) is 0 Å². The van der Waals surface area contributed by atoms with Gasteiger partial charge in [0.1, 0.15) is 0 Å². The summed E-state index contributed by atoms with van der Waals surface area (Å²) in [5.74, 6) is -1.32. The minimum Gasteiger partial charge on any atom is -0.454 e. The zero-order chi connectivity index (χ0) is 17.7. The third-order valence-electron chi connectivity index (χ3n) is 3.01. The van der Waals surface area contributed by atoms with E-state index in [0.717, 1.165) is 0 Å². The van der Waals surface area contributed by atoms with Gasteiger partial charge < -0.3 is 10.1 Å². The first-order valence-electron chi connectivity index (χ1n) is 6.90. The molecular formula is C17H13Cl2NO4. The summed E-state index contributed by atoms with van der Waals surface area (Å²) in [7, 11) is 0. The Kier molecular flexibility index (Phi) is 5.95. The molecule has 124 valence electrons. The maximum absolute atomic E-state index is 12.0. The molecule has 0 saturated carbocycles. The number of Topliss-reactive ketones (excluding diaryl/α,β-unsaturated/α-hetero) is 1. The van der Waals surface area contributed by atoms with Crippen molar-refractivity contribution in [2.45, 2.75) is 6.92 Å². The summed E-state index contributed by atoms with van der Waals surface area (Å²) >= 11 is 11.7. The van der Waals surface area contributed by atoms with Crippen LogP contribution in [0.1, 0.15) is 27.6 Å². The lowest BCUT2D eigenvalue weighted by molar-refractivity contribution is -0.114. The minimum absolute atomic E-state index is 0.0953. The fourth-order valence-corrected chi connectivity index (χ4v) is 2.26.